The van der Waals surface area contributed by atoms with Crippen LogP contribution in [0.5, 0.6) is 11.5 Å². The minimum atomic E-state index is 0.641. The second-order valence-electron chi connectivity index (χ2n) is 6.62. The van der Waals surface area contributed by atoms with Gasteiger partial charge in [0.2, 0.25) is 5.95 Å². The molecule has 0 aliphatic carbocycles. The molecule has 1 heterocycles. The number of hydrogen-bond donors (Lipinski definition) is 2. The van der Waals surface area contributed by atoms with E-state index in [1.165, 1.54) is 0 Å². The molecule has 29 heavy (non-hydrogen) atoms. The molecule has 6 heteroatoms. The molecule has 0 radical (unpaired) electrons. The average Bonchev–Trinajstić information content (AvgIpc) is 2.78. The van der Waals surface area contributed by atoms with Gasteiger partial charge in [0.1, 0.15) is 5.82 Å². The minimum Gasteiger partial charge on any atom is -0.493 e. The fourth-order valence-electron chi connectivity index (χ4n) is 2.98. The van der Waals surface area contributed by atoms with Gasteiger partial charge in [-0.3, -0.25) is 0 Å². The number of hydrogen-bond acceptors (Lipinski definition) is 6. The molecule has 0 fully saturated rings. The molecule has 0 unspecified atom stereocenters. The third-order valence-corrected chi connectivity index (χ3v) is 4.50. The van der Waals surface area contributed by atoms with E-state index in [4.69, 9.17) is 9.47 Å². The van der Waals surface area contributed by atoms with E-state index in [2.05, 4.69) is 39.7 Å². The van der Waals surface area contributed by atoms with Crippen LogP contribution in [0, 0.1) is 0 Å². The van der Waals surface area contributed by atoms with Gasteiger partial charge >= 0.3 is 0 Å². The summed E-state index contributed by atoms with van der Waals surface area (Å²) in [6.45, 7) is 3.70. The van der Waals surface area contributed by atoms with Gasteiger partial charge in [0.05, 0.1) is 19.9 Å². The second-order valence-corrected chi connectivity index (χ2v) is 6.62. The van der Waals surface area contributed by atoms with Gasteiger partial charge in [-0.05, 0) is 30.5 Å². The molecule has 0 amide bonds. The van der Waals surface area contributed by atoms with Crippen LogP contribution in [-0.2, 0) is 6.42 Å². The van der Waals surface area contributed by atoms with Crippen LogP contribution >= 0.6 is 0 Å². The van der Waals surface area contributed by atoms with Crippen LogP contribution in [0.25, 0.3) is 11.3 Å². The number of anilines is 2. The summed E-state index contributed by atoms with van der Waals surface area (Å²) >= 11 is 0. The summed E-state index contributed by atoms with van der Waals surface area (Å²) in [5.41, 5.74) is 3.13. The lowest BCUT2D eigenvalue weighted by Crippen LogP contribution is -2.10. The van der Waals surface area contributed by atoms with Gasteiger partial charge in [0.15, 0.2) is 11.5 Å². The average molecular weight is 393 g/mol. The fourth-order valence-corrected chi connectivity index (χ4v) is 2.98. The highest BCUT2D eigenvalue weighted by atomic mass is 16.5. The first-order valence-corrected chi connectivity index (χ1v) is 9.86. The number of benzene rings is 2. The Balaban J connectivity index is 1.72. The zero-order valence-corrected chi connectivity index (χ0v) is 17.2. The van der Waals surface area contributed by atoms with Gasteiger partial charge in [0.25, 0.3) is 0 Å². The van der Waals surface area contributed by atoms with E-state index in [0.717, 1.165) is 60.1 Å². The Bertz CT molecular complexity index is 916. The standard InChI is InChI=1S/C23H28N4O2/c1-4-13-25-23-26-19(18-8-6-5-7-9-18)16-22(27-23)24-14-12-17-10-11-20(28-2)21(15-17)29-3/h5-11,15-16H,4,12-14H2,1-3H3,(H2,24,25,26,27). The van der Waals surface area contributed by atoms with Crippen LogP contribution in [0.2, 0.25) is 0 Å². The van der Waals surface area contributed by atoms with Crippen molar-refractivity contribution in [2.45, 2.75) is 19.8 Å². The Kier molecular flexibility index (Phi) is 7.28. The van der Waals surface area contributed by atoms with Crippen LogP contribution in [-0.4, -0.2) is 37.3 Å². The zero-order chi connectivity index (χ0) is 20.5. The monoisotopic (exact) mass is 392 g/mol. The van der Waals surface area contributed by atoms with Crippen LogP contribution < -0.4 is 20.1 Å². The van der Waals surface area contributed by atoms with Crippen LogP contribution in [0.1, 0.15) is 18.9 Å². The smallest absolute Gasteiger partial charge is 0.225 e. The number of aromatic nitrogens is 2. The number of rotatable bonds is 10. The van der Waals surface area contributed by atoms with Crippen molar-refractivity contribution < 1.29 is 9.47 Å². The van der Waals surface area contributed by atoms with Gasteiger partial charge in [-0.1, -0.05) is 43.3 Å². The lowest BCUT2D eigenvalue weighted by Gasteiger charge is -2.12. The predicted octanol–water partition coefficient (Wildman–Crippen LogP) is 4.64. The summed E-state index contributed by atoms with van der Waals surface area (Å²) < 4.78 is 10.7. The Labute approximate surface area is 172 Å². The van der Waals surface area contributed by atoms with Crippen LogP contribution in [0.4, 0.5) is 11.8 Å². The lowest BCUT2D eigenvalue weighted by molar-refractivity contribution is 0.354. The van der Waals surface area contributed by atoms with Gasteiger partial charge < -0.3 is 20.1 Å². The summed E-state index contributed by atoms with van der Waals surface area (Å²) in [6, 6.07) is 18.1. The summed E-state index contributed by atoms with van der Waals surface area (Å²) in [5, 5.41) is 6.71. The molecule has 3 aromatic rings. The zero-order valence-electron chi connectivity index (χ0n) is 17.2. The van der Waals surface area contributed by atoms with Crippen LogP contribution in [0.15, 0.2) is 54.6 Å². The fraction of sp³-hybridized carbons (Fsp3) is 0.304. The van der Waals surface area contributed by atoms with Crippen LogP contribution in [0.3, 0.4) is 0 Å². The van der Waals surface area contributed by atoms with Crippen molar-refractivity contribution in [3.8, 4) is 22.8 Å². The molecule has 6 nitrogen and oxygen atoms in total. The second kappa shape index (κ2) is 10.3. The normalized spacial score (nSPS) is 10.4. The molecule has 0 saturated heterocycles. The van der Waals surface area contributed by atoms with E-state index in [0.29, 0.717) is 5.95 Å². The number of nitrogens with zero attached hydrogens (tertiary/aromatic N) is 2. The Morgan fingerprint density at radius 1 is 0.828 bits per heavy atom. The molecule has 2 aromatic carbocycles. The molecule has 0 aliphatic heterocycles. The van der Waals surface area contributed by atoms with E-state index < -0.39 is 0 Å². The molecule has 2 N–H and O–H groups in total. The van der Waals surface area contributed by atoms with Crippen molar-refractivity contribution >= 4 is 11.8 Å². The van der Waals surface area contributed by atoms with Crippen molar-refractivity contribution in [2.75, 3.05) is 37.9 Å². The summed E-state index contributed by atoms with van der Waals surface area (Å²) in [5.74, 6) is 2.92. The van der Waals surface area contributed by atoms with Crippen molar-refractivity contribution in [3.05, 3.63) is 60.2 Å². The molecule has 0 bridgehead atoms. The SMILES string of the molecule is CCCNc1nc(NCCc2ccc(OC)c(OC)c2)cc(-c2ccccc2)n1. The maximum absolute atomic E-state index is 5.39. The van der Waals surface area contributed by atoms with Gasteiger partial charge in [-0.25, -0.2) is 4.98 Å². The van der Waals surface area contributed by atoms with Gasteiger partial charge in [-0.2, -0.15) is 4.98 Å². The maximum Gasteiger partial charge on any atom is 0.225 e. The van der Waals surface area contributed by atoms with Gasteiger partial charge in [0, 0.05) is 24.7 Å². The summed E-state index contributed by atoms with van der Waals surface area (Å²) in [4.78, 5) is 9.27. The highest BCUT2D eigenvalue weighted by molar-refractivity contribution is 5.64. The molecular formula is C23H28N4O2. The molecule has 0 aliphatic rings. The van der Waals surface area contributed by atoms with Crippen molar-refractivity contribution in [2.24, 2.45) is 0 Å². The van der Waals surface area contributed by atoms with Crippen molar-refractivity contribution in [1.82, 2.24) is 9.97 Å². The first-order valence-electron chi connectivity index (χ1n) is 9.86. The summed E-state index contributed by atoms with van der Waals surface area (Å²) in [7, 11) is 3.29. The van der Waals surface area contributed by atoms with Crippen molar-refractivity contribution in [1.29, 1.82) is 0 Å². The summed E-state index contributed by atoms with van der Waals surface area (Å²) in [6.07, 6.45) is 1.85. The highest BCUT2D eigenvalue weighted by Gasteiger charge is 2.08. The number of ether oxygens (including phenoxy) is 2. The van der Waals surface area contributed by atoms with E-state index >= 15 is 0 Å². The molecule has 0 spiro atoms. The van der Waals surface area contributed by atoms with E-state index in [-0.39, 0.29) is 0 Å². The van der Waals surface area contributed by atoms with E-state index in [9.17, 15) is 0 Å². The largest absolute Gasteiger partial charge is 0.493 e. The third kappa shape index (κ3) is 5.60. The lowest BCUT2D eigenvalue weighted by atomic mass is 10.1. The number of methoxy groups -OCH3 is 2. The first kappa shape index (κ1) is 20.5. The molecule has 0 saturated carbocycles. The van der Waals surface area contributed by atoms with Crippen molar-refractivity contribution in [3.63, 3.8) is 0 Å². The first-order chi connectivity index (χ1) is 14.2. The van der Waals surface area contributed by atoms with E-state index in [1.807, 2.05) is 42.5 Å². The third-order valence-electron chi connectivity index (χ3n) is 4.50. The molecule has 152 valence electrons. The molecule has 3 rings (SSSR count). The molecular weight excluding hydrogens is 364 g/mol. The topological polar surface area (TPSA) is 68.3 Å². The minimum absolute atomic E-state index is 0.641. The highest BCUT2D eigenvalue weighted by Crippen LogP contribution is 2.28. The van der Waals surface area contributed by atoms with E-state index in [1.54, 1.807) is 14.2 Å². The Morgan fingerprint density at radius 3 is 2.34 bits per heavy atom. The number of nitrogens with one attached hydrogen (secondary N) is 2. The Morgan fingerprint density at radius 2 is 1.62 bits per heavy atom. The quantitative estimate of drug-likeness (QED) is 0.524. The molecule has 0 atom stereocenters. The van der Waals surface area contributed by atoms with Gasteiger partial charge in [-0.15, -0.1) is 0 Å². The maximum atomic E-state index is 5.39. The predicted molar refractivity (Wildman–Crippen MR) is 118 cm³/mol. The Hall–Kier alpha value is -3.28. The molecule has 1 aromatic heterocycles.